The van der Waals surface area contributed by atoms with Gasteiger partial charge in [-0.1, -0.05) is 30.3 Å². The second kappa shape index (κ2) is 9.60. The monoisotopic (exact) mass is 453 g/mol. The standard InChI is InChI=1S/C23H27N5O5/c1-5-27(12-16(29)18-13(2)17(14(3)25-18)22(31)33-4)19-20(24)28(23(32)26-21(19)30)11-15-9-7-6-8-10-15/h6-10,25H,5,11-12,24H2,1-4H3,(H,26,30,32). The summed E-state index contributed by atoms with van der Waals surface area (Å²) in [6.07, 6.45) is 0. The van der Waals surface area contributed by atoms with E-state index in [1.54, 1.807) is 20.8 Å². The van der Waals surface area contributed by atoms with E-state index in [0.717, 1.165) is 5.56 Å². The number of ketones is 1. The molecule has 0 aliphatic carbocycles. The first-order chi connectivity index (χ1) is 15.7. The largest absolute Gasteiger partial charge is 0.465 e. The number of hydrogen-bond donors (Lipinski definition) is 3. The lowest BCUT2D eigenvalue weighted by Crippen LogP contribution is -2.40. The quantitative estimate of drug-likeness (QED) is 0.347. The number of aromatic amines is 2. The highest BCUT2D eigenvalue weighted by Gasteiger charge is 2.25. The second-order valence-electron chi connectivity index (χ2n) is 7.62. The molecule has 0 aliphatic rings. The van der Waals surface area contributed by atoms with E-state index in [9.17, 15) is 19.2 Å². The molecule has 2 heterocycles. The lowest BCUT2D eigenvalue weighted by molar-refractivity contribution is 0.0599. The Morgan fingerprint density at radius 2 is 1.79 bits per heavy atom. The number of methoxy groups -OCH3 is 1. The van der Waals surface area contributed by atoms with Crippen molar-refractivity contribution in [3.8, 4) is 0 Å². The Kier molecular flexibility index (Phi) is 6.86. The van der Waals surface area contributed by atoms with Crippen LogP contribution in [0.4, 0.5) is 11.5 Å². The van der Waals surface area contributed by atoms with E-state index in [4.69, 9.17) is 10.5 Å². The number of anilines is 2. The molecule has 2 aromatic heterocycles. The number of carbonyl (C=O) groups is 2. The zero-order valence-electron chi connectivity index (χ0n) is 19.0. The van der Waals surface area contributed by atoms with Crippen LogP contribution in [-0.2, 0) is 11.3 Å². The predicted octanol–water partition coefficient (Wildman–Crippen LogP) is 1.61. The molecule has 1 aromatic carbocycles. The Hall–Kier alpha value is -4.08. The summed E-state index contributed by atoms with van der Waals surface area (Å²) in [5.41, 5.74) is 7.35. The summed E-state index contributed by atoms with van der Waals surface area (Å²) >= 11 is 0. The molecule has 3 rings (SSSR count). The number of esters is 1. The Morgan fingerprint density at radius 3 is 2.39 bits per heavy atom. The molecule has 0 fully saturated rings. The Morgan fingerprint density at radius 1 is 1.12 bits per heavy atom. The number of nitrogens with one attached hydrogen (secondary N) is 2. The minimum absolute atomic E-state index is 0.0307. The SMILES string of the molecule is CCN(CC(=O)c1[nH]c(C)c(C(=O)OC)c1C)c1c(N)n(Cc2ccccc2)c(=O)[nH]c1=O. The van der Waals surface area contributed by atoms with Crippen molar-refractivity contribution in [1.29, 1.82) is 0 Å². The average molecular weight is 453 g/mol. The number of nitrogens with zero attached hydrogens (tertiary/aromatic N) is 2. The third-order valence-electron chi connectivity index (χ3n) is 5.54. The third kappa shape index (κ3) is 4.59. The Bertz CT molecular complexity index is 1300. The van der Waals surface area contributed by atoms with E-state index in [0.29, 0.717) is 16.8 Å². The number of nitrogens with two attached hydrogens (primary N) is 1. The fraction of sp³-hybridized carbons (Fsp3) is 0.304. The molecule has 0 saturated carbocycles. The summed E-state index contributed by atoms with van der Waals surface area (Å²) in [4.78, 5) is 57.0. The molecule has 0 radical (unpaired) electrons. The number of aryl methyl sites for hydroxylation is 1. The van der Waals surface area contributed by atoms with Crippen molar-refractivity contribution in [3.63, 3.8) is 0 Å². The summed E-state index contributed by atoms with van der Waals surface area (Å²) in [5, 5.41) is 0. The molecule has 0 saturated heterocycles. The van der Waals surface area contributed by atoms with Crippen molar-refractivity contribution in [3.05, 3.63) is 79.2 Å². The molecule has 33 heavy (non-hydrogen) atoms. The van der Waals surface area contributed by atoms with Crippen LogP contribution in [-0.4, -0.2) is 46.5 Å². The highest BCUT2D eigenvalue weighted by Crippen LogP contribution is 2.22. The number of likely N-dealkylation sites (N-methyl/N-ethyl adjacent to an activating group) is 1. The van der Waals surface area contributed by atoms with Crippen LogP contribution in [0.5, 0.6) is 0 Å². The summed E-state index contributed by atoms with van der Waals surface area (Å²) < 4.78 is 6.05. The maximum absolute atomic E-state index is 13.1. The van der Waals surface area contributed by atoms with Gasteiger partial charge in [0.15, 0.2) is 5.78 Å². The van der Waals surface area contributed by atoms with Crippen LogP contribution in [0, 0.1) is 13.8 Å². The number of H-pyrrole nitrogens is 2. The lowest BCUT2D eigenvalue weighted by atomic mass is 10.1. The van der Waals surface area contributed by atoms with Gasteiger partial charge < -0.3 is 20.4 Å². The molecule has 0 spiro atoms. The van der Waals surface area contributed by atoms with E-state index < -0.39 is 17.2 Å². The van der Waals surface area contributed by atoms with E-state index in [2.05, 4.69) is 9.97 Å². The predicted molar refractivity (Wildman–Crippen MR) is 125 cm³/mol. The van der Waals surface area contributed by atoms with Crippen molar-refractivity contribution >= 4 is 23.3 Å². The number of benzene rings is 1. The summed E-state index contributed by atoms with van der Waals surface area (Å²) in [6, 6.07) is 9.21. The van der Waals surface area contributed by atoms with Gasteiger partial charge in [0.25, 0.3) is 5.56 Å². The van der Waals surface area contributed by atoms with E-state index in [-0.39, 0.29) is 42.6 Å². The molecule has 0 unspecified atom stereocenters. The number of ether oxygens (including phenoxy) is 1. The Labute approximate surface area is 190 Å². The number of hydrogen-bond acceptors (Lipinski definition) is 7. The first-order valence-corrected chi connectivity index (χ1v) is 10.4. The maximum Gasteiger partial charge on any atom is 0.339 e. The van der Waals surface area contributed by atoms with Gasteiger partial charge in [-0.25, -0.2) is 9.59 Å². The van der Waals surface area contributed by atoms with Crippen LogP contribution in [0.2, 0.25) is 0 Å². The molecular weight excluding hydrogens is 426 g/mol. The summed E-state index contributed by atoms with van der Waals surface area (Å²) in [7, 11) is 1.27. The van der Waals surface area contributed by atoms with Gasteiger partial charge in [-0.05, 0) is 31.9 Å². The maximum atomic E-state index is 13.1. The highest BCUT2D eigenvalue weighted by atomic mass is 16.5. The van der Waals surface area contributed by atoms with Crippen molar-refractivity contribution in [2.24, 2.45) is 0 Å². The van der Waals surface area contributed by atoms with Crippen LogP contribution >= 0.6 is 0 Å². The highest BCUT2D eigenvalue weighted by molar-refractivity contribution is 6.03. The number of carbonyl (C=O) groups excluding carboxylic acids is 2. The average Bonchev–Trinajstić information content (AvgIpc) is 3.09. The van der Waals surface area contributed by atoms with Gasteiger partial charge in [0.05, 0.1) is 31.5 Å². The van der Waals surface area contributed by atoms with E-state index in [1.165, 1.54) is 16.6 Å². The van der Waals surface area contributed by atoms with Crippen molar-refractivity contribution in [2.75, 3.05) is 30.8 Å². The molecular formula is C23H27N5O5. The fourth-order valence-electron chi connectivity index (χ4n) is 3.84. The number of nitrogen functional groups attached to an aromatic ring is 1. The van der Waals surface area contributed by atoms with Gasteiger partial charge in [0, 0.05) is 12.2 Å². The molecule has 10 nitrogen and oxygen atoms in total. The molecule has 174 valence electrons. The molecule has 3 aromatic rings. The first-order valence-electron chi connectivity index (χ1n) is 10.4. The fourth-order valence-corrected chi connectivity index (χ4v) is 3.84. The molecule has 0 amide bonds. The van der Waals surface area contributed by atoms with Crippen LogP contribution < -0.4 is 21.9 Å². The van der Waals surface area contributed by atoms with Gasteiger partial charge in [-0.15, -0.1) is 0 Å². The van der Waals surface area contributed by atoms with Crippen molar-refractivity contribution in [2.45, 2.75) is 27.3 Å². The first kappa shape index (κ1) is 23.6. The molecule has 10 heteroatoms. The molecule has 0 bridgehead atoms. The second-order valence-corrected chi connectivity index (χ2v) is 7.62. The molecule has 4 N–H and O–H groups in total. The van der Waals surface area contributed by atoms with E-state index >= 15 is 0 Å². The summed E-state index contributed by atoms with van der Waals surface area (Å²) in [5.74, 6) is -0.912. The minimum atomic E-state index is -0.675. The van der Waals surface area contributed by atoms with Crippen LogP contribution in [0.15, 0.2) is 39.9 Å². The topological polar surface area (TPSA) is 143 Å². The van der Waals surface area contributed by atoms with Crippen molar-refractivity contribution < 1.29 is 14.3 Å². The number of aromatic nitrogens is 3. The Balaban J connectivity index is 1.98. The van der Waals surface area contributed by atoms with Gasteiger partial charge >= 0.3 is 11.7 Å². The molecule has 0 atom stereocenters. The van der Waals surface area contributed by atoms with Gasteiger partial charge in [0.2, 0.25) is 0 Å². The van der Waals surface area contributed by atoms with Crippen molar-refractivity contribution in [1.82, 2.24) is 14.5 Å². The van der Waals surface area contributed by atoms with Gasteiger partial charge in [-0.2, -0.15) is 0 Å². The third-order valence-corrected chi connectivity index (χ3v) is 5.54. The smallest absolute Gasteiger partial charge is 0.339 e. The van der Waals surface area contributed by atoms with Gasteiger partial charge in [-0.3, -0.25) is 19.1 Å². The summed E-state index contributed by atoms with van der Waals surface area (Å²) in [6.45, 7) is 5.36. The minimum Gasteiger partial charge on any atom is -0.465 e. The lowest BCUT2D eigenvalue weighted by Gasteiger charge is -2.24. The van der Waals surface area contributed by atoms with Gasteiger partial charge in [0.1, 0.15) is 11.5 Å². The number of Topliss-reactive ketones (excluding diaryl/α,β-unsaturated/α-hetero) is 1. The normalized spacial score (nSPS) is 10.8. The molecule has 0 aliphatic heterocycles. The van der Waals surface area contributed by atoms with Crippen LogP contribution in [0.25, 0.3) is 0 Å². The van der Waals surface area contributed by atoms with Crippen LogP contribution in [0.3, 0.4) is 0 Å². The van der Waals surface area contributed by atoms with Crippen LogP contribution in [0.1, 0.15) is 44.6 Å². The zero-order valence-corrected chi connectivity index (χ0v) is 19.0. The number of rotatable bonds is 8. The van der Waals surface area contributed by atoms with E-state index in [1.807, 2.05) is 30.3 Å². The zero-order chi connectivity index (χ0) is 24.3.